The zero-order valence-electron chi connectivity index (χ0n) is 21.5. The number of nitrogens with zero attached hydrogens (tertiary/aromatic N) is 7. The molecule has 0 aromatic carbocycles. The van der Waals surface area contributed by atoms with E-state index in [1.165, 1.54) is 19.4 Å². The maximum absolute atomic E-state index is 15.3. The molecule has 0 spiro atoms. The molecular weight excluding hydrogens is 532 g/mol. The number of ether oxygens (including phenoxy) is 3. The largest absolute Gasteiger partial charge is 0.488 e. The molecule has 4 aromatic heterocycles. The van der Waals surface area contributed by atoms with Gasteiger partial charge in [-0.1, -0.05) is 16.8 Å². The zero-order valence-corrected chi connectivity index (χ0v) is 22.3. The molecule has 2 aliphatic rings. The molecule has 0 amide bonds. The van der Waals surface area contributed by atoms with E-state index in [1.807, 2.05) is 6.92 Å². The van der Waals surface area contributed by atoms with Crippen LogP contribution in [0.4, 0.5) is 8.78 Å². The van der Waals surface area contributed by atoms with Gasteiger partial charge in [0.15, 0.2) is 0 Å². The summed E-state index contributed by atoms with van der Waals surface area (Å²) in [6, 6.07) is 4.59. The van der Waals surface area contributed by atoms with Crippen molar-refractivity contribution in [1.82, 2.24) is 34.5 Å². The van der Waals surface area contributed by atoms with Gasteiger partial charge in [0.1, 0.15) is 41.7 Å². The van der Waals surface area contributed by atoms with Gasteiger partial charge < -0.3 is 14.2 Å². The van der Waals surface area contributed by atoms with E-state index >= 15 is 4.39 Å². The number of piperidine rings is 1. The molecule has 13 heteroatoms. The Morgan fingerprint density at radius 1 is 1.26 bits per heavy atom. The molecule has 2 saturated heterocycles. The Kier molecular flexibility index (Phi) is 7.19. The lowest BCUT2D eigenvalue weighted by molar-refractivity contribution is -0.0849. The van der Waals surface area contributed by atoms with Gasteiger partial charge in [0, 0.05) is 32.0 Å². The second-order valence-electron chi connectivity index (χ2n) is 9.84. The van der Waals surface area contributed by atoms with Gasteiger partial charge in [0.05, 0.1) is 54.1 Å². The van der Waals surface area contributed by atoms with Crippen LogP contribution in [0.5, 0.6) is 5.75 Å². The third kappa shape index (κ3) is 4.97. The van der Waals surface area contributed by atoms with Crippen LogP contribution in [0.15, 0.2) is 36.8 Å². The zero-order chi connectivity index (χ0) is 27.1. The topological polar surface area (TPSA) is 91.8 Å². The minimum absolute atomic E-state index is 0.0928. The molecule has 39 heavy (non-hydrogen) atoms. The van der Waals surface area contributed by atoms with Crippen molar-refractivity contribution < 1.29 is 23.0 Å². The number of fused-ring (bicyclic) bond motifs is 1. The molecule has 3 atom stereocenters. The van der Waals surface area contributed by atoms with E-state index in [-0.39, 0.29) is 6.61 Å². The SMILES string of the molecule is COC(COc1cc(-c2nnn([C@@H]3CCN(C4COC4)C[C@@H]3F)c2C)cn2ncc(Cl)c12)c1ccc(F)cn1. The Hall–Kier alpha value is -3.19. The molecule has 0 bridgehead atoms. The van der Waals surface area contributed by atoms with E-state index in [2.05, 4.69) is 25.3 Å². The summed E-state index contributed by atoms with van der Waals surface area (Å²) in [5.41, 5.74) is 3.13. The van der Waals surface area contributed by atoms with Crippen molar-refractivity contribution in [2.45, 2.75) is 37.7 Å². The number of rotatable bonds is 8. The molecule has 2 fully saturated rings. The van der Waals surface area contributed by atoms with Gasteiger partial charge in [-0.05, 0) is 31.5 Å². The fourth-order valence-corrected chi connectivity index (χ4v) is 5.41. The van der Waals surface area contributed by atoms with E-state index < -0.39 is 24.1 Å². The van der Waals surface area contributed by atoms with Crippen LogP contribution in [-0.4, -0.2) is 86.7 Å². The van der Waals surface area contributed by atoms with Gasteiger partial charge >= 0.3 is 0 Å². The maximum Gasteiger partial charge on any atom is 0.147 e. The van der Waals surface area contributed by atoms with Crippen LogP contribution in [0.2, 0.25) is 5.02 Å². The van der Waals surface area contributed by atoms with Crippen molar-refractivity contribution in [2.75, 3.05) is 40.0 Å². The van der Waals surface area contributed by atoms with E-state index in [1.54, 1.807) is 27.5 Å². The predicted octanol–water partition coefficient (Wildman–Crippen LogP) is 3.84. The lowest BCUT2D eigenvalue weighted by atomic mass is 10.00. The smallest absolute Gasteiger partial charge is 0.147 e. The summed E-state index contributed by atoms with van der Waals surface area (Å²) in [5.74, 6) is 0.0171. The number of pyridine rings is 2. The fourth-order valence-electron chi connectivity index (χ4n) is 5.18. The highest BCUT2D eigenvalue weighted by Gasteiger charge is 2.37. The van der Waals surface area contributed by atoms with Crippen LogP contribution in [0.1, 0.15) is 30.0 Å². The van der Waals surface area contributed by atoms with Crippen molar-refractivity contribution in [2.24, 2.45) is 0 Å². The predicted molar refractivity (Wildman–Crippen MR) is 138 cm³/mol. The van der Waals surface area contributed by atoms with Crippen LogP contribution >= 0.6 is 11.6 Å². The van der Waals surface area contributed by atoms with Gasteiger partial charge in [0.2, 0.25) is 0 Å². The molecule has 0 aliphatic carbocycles. The summed E-state index contributed by atoms with van der Waals surface area (Å²) in [7, 11) is 1.53. The van der Waals surface area contributed by atoms with Gasteiger partial charge in [-0.25, -0.2) is 18.0 Å². The van der Waals surface area contributed by atoms with E-state index in [0.29, 0.717) is 65.5 Å². The first kappa shape index (κ1) is 26.1. The Labute approximate surface area is 228 Å². The van der Waals surface area contributed by atoms with Crippen molar-refractivity contribution in [3.05, 3.63) is 59.0 Å². The lowest BCUT2D eigenvalue weighted by Gasteiger charge is -2.42. The second-order valence-corrected chi connectivity index (χ2v) is 10.2. The second kappa shape index (κ2) is 10.8. The Morgan fingerprint density at radius 3 is 2.79 bits per heavy atom. The summed E-state index contributed by atoms with van der Waals surface area (Å²) < 4.78 is 48.9. The molecule has 2 aliphatic heterocycles. The maximum atomic E-state index is 15.3. The van der Waals surface area contributed by atoms with Gasteiger partial charge in [-0.15, -0.1) is 5.10 Å². The van der Waals surface area contributed by atoms with Crippen molar-refractivity contribution >= 4 is 17.1 Å². The van der Waals surface area contributed by atoms with Crippen LogP contribution < -0.4 is 4.74 Å². The molecule has 4 aromatic rings. The lowest BCUT2D eigenvalue weighted by Crippen LogP contribution is -2.55. The highest BCUT2D eigenvalue weighted by atomic mass is 35.5. The average molecular weight is 560 g/mol. The van der Waals surface area contributed by atoms with Gasteiger partial charge in [0.25, 0.3) is 0 Å². The first-order chi connectivity index (χ1) is 18.9. The molecule has 206 valence electrons. The summed E-state index contributed by atoms with van der Waals surface area (Å²) in [5, 5.41) is 13.5. The normalized spacial score (nSPS) is 21.3. The molecule has 6 heterocycles. The first-order valence-corrected chi connectivity index (χ1v) is 13.1. The number of hydrogen-bond acceptors (Lipinski definition) is 8. The summed E-state index contributed by atoms with van der Waals surface area (Å²) in [4.78, 5) is 6.26. The third-order valence-corrected chi connectivity index (χ3v) is 7.75. The van der Waals surface area contributed by atoms with Crippen molar-refractivity contribution in [1.29, 1.82) is 0 Å². The quantitative estimate of drug-likeness (QED) is 0.322. The summed E-state index contributed by atoms with van der Waals surface area (Å²) in [6.07, 6.45) is 3.48. The number of halogens is 3. The third-order valence-electron chi connectivity index (χ3n) is 7.48. The summed E-state index contributed by atoms with van der Waals surface area (Å²) in [6.45, 7) is 4.45. The van der Waals surface area contributed by atoms with E-state index in [0.717, 1.165) is 18.4 Å². The fraction of sp³-hybridized carbons (Fsp3) is 0.462. The molecule has 10 nitrogen and oxygen atoms in total. The first-order valence-electron chi connectivity index (χ1n) is 12.7. The number of hydrogen-bond donors (Lipinski definition) is 0. The number of likely N-dealkylation sites (tertiary alicyclic amines) is 1. The number of methoxy groups -OCH3 is 1. The average Bonchev–Trinajstić information content (AvgIpc) is 3.46. The van der Waals surface area contributed by atoms with Crippen molar-refractivity contribution in [3.63, 3.8) is 0 Å². The Balaban J connectivity index is 1.26. The van der Waals surface area contributed by atoms with Crippen molar-refractivity contribution in [3.8, 4) is 17.0 Å². The van der Waals surface area contributed by atoms with Gasteiger partial charge in [-0.2, -0.15) is 5.10 Å². The Bertz CT molecular complexity index is 1460. The number of aromatic nitrogens is 6. The van der Waals surface area contributed by atoms with Crippen LogP contribution in [0, 0.1) is 12.7 Å². The van der Waals surface area contributed by atoms with Crippen LogP contribution in [0.3, 0.4) is 0 Å². The number of alkyl halides is 1. The van der Waals surface area contributed by atoms with E-state index in [9.17, 15) is 4.39 Å². The van der Waals surface area contributed by atoms with Crippen LogP contribution in [0.25, 0.3) is 16.8 Å². The molecule has 6 rings (SSSR count). The highest BCUT2D eigenvalue weighted by molar-refractivity contribution is 6.34. The highest BCUT2D eigenvalue weighted by Crippen LogP contribution is 2.35. The molecule has 0 radical (unpaired) electrons. The minimum Gasteiger partial charge on any atom is -0.488 e. The monoisotopic (exact) mass is 559 g/mol. The van der Waals surface area contributed by atoms with Gasteiger partial charge in [-0.3, -0.25) is 9.88 Å². The summed E-state index contributed by atoms with van der Waals surface area (Å²) >= 11 is 6.43. The minimum atomic E-state index is -1.06. The van der Waals surface area contributed by atoms with Crippen LogP contribution in [-0.2, 0) is 9.47 Å². The molecule has 0 N–H and O–H groups in total. The van der Waals surface area contributed by atoms with E-state index in [4.69, 9.17) is 25.8 Å². The standard InChI is InChI=1S/C26H28ClF2N7O3/c1-15-25(32-33-36(15)22-5-6-34(11-20(22)29)18-12-38-13-18)16-7-23(26-19(27)9-31-35(26)10-16)39-14-24(37-2)21-4-3-17(28)8-30-21/h3-4,7-10,18,20,22,24H,5-6,11-14H2,1-2H3/t20-,22+,24?/m0/s1. The molecule has 1 unspecified atom stereocenters. The molecular formula is C26H28ClF2N7O3. The Morgan fingerprint density at radius 2 is 2.10 bits per heavy atom. The molecule has 0 saturated carbocycles.